The first-order chi connectivity index (χ1) is 14.1. The number of nitrogens with zero attached hydrogens (tertiary/aromatic N) is 2. The van der Waals surface area contributed by atoms with Crippen LogP contribution in [0.15, 0.2) is 41.3 Å². The predicted molar refractivity (Wildman–Crippen MR) is 117 cm³/mol. The highest BCUT2D eigenvalue weighted by atomic mass is 35.5. The second-order valence-electron chi connectivity index (χ2n) is 7.62. The molecule has 1 aromatic carbocycles. The first-order valence-corrected chi connectivity index (χ1v) is 9.74. The van der Waals surface area contributed by atoms with E-state index in [0.29, 0.717) is 12.2 Å². The van der Waals surface area contributed by atoms with E-state index in [-0.39, 0.29) is 29.5 Å². The van der Waals surface area contributed by atoms with Crippen LogP contribution in [0.2, 0.25) is 5.02 Å². The van der Waals surface area contributed by atoms with Crippen LogP contribution in [-0.2, 0) is 21.7 Å². The van der Waals surface area contributed by atoms with Crippen LogP contribution >= 0.6 is 11.6 Å². The van der Waals surface area contributed by atoms with Gasteiger partial charge in [0.1, 0.15) is 5.02 Å². The topological polar surface area (TPSA) is 113 Å². The van der Waals surface area contributed by atoms with Gasteiger partial charge in [0.15, 0.2) is 0 Å². The molecule has 9 heteroatoms. The lowest BCUT2D eigenvalue weighted by Crippen LogP contribution is -2.36. The molecule has 0 atom stereocenters. The van der Waals surface area contributed by atoms with Crippen molar-refractivity contribution in [1.29, 1.82) is 0 Å². The minimum absolute atomic E-state index is 0.0842. The van der Waals surface area contributed by atoms with E-state index in [2.05, 4.69) is 15.7 Å². The van der Waals surface area contributed by atoms with Crippen LogP contribution in [0.1, 0.15) is 38.3 Å². The van der Waals surface area contributed by atoms with Crippen molar-refractivity contribution in [2.75, 3.05) is 11.9 Å². The van der Waals surface area contributed by atoms with Crippen molar-refractivity contribution in [3.05, 3.63) is 63.0 Å². The van der Waals surface area contributed by atoms with Gasteiger partial charge < -0.3 is 15.7 Å². The Kier molecular flexibility index (Phi) is 7.77. The molecule has 1 heterocycles. The van der Waals surface area contributed by atoms with Gasteiger partial charge in [-0.2, -0.15) is 5.10 Å². The van der Waals surface area contributed by atoms with Gasteiger partial charge in [-0.05, 0) is 38.0 Å². The average molecular weight is 433 g/mol. The van der Waals surface area contributed by atoms with E-state index in [0.717, 1.165) is 11.1 Å². The fourth-order valence-corrected chi connectivity index (χ4v) is 2.70. The van der Waals surface area contributed by atoms with Gasteiger partial charge in [0, 0.05) is 19.2 Å². The van der Waals surface area contributed by atoms with E-state index in [1.165, 1.54) is 17.0 Å². The Morgan fingerprint density at radius 1 is 1.23 bits per heavy atom. The number of aliphatic carboxylic acids is 1. The summed E-state index contributed by atoms with van der Waals surface area (Å²) in [5.41, 5.74) is 1.42. The third-order valence-electron chi connectivity index (χ3n) is 4.08. The van der Waals surface area contributed by atoms with E-state index in [1.54, 1.807) is 6.08 Å². The molecule has 0 saturated carbocycles. The van der Waals surface area contributed by atoms with Gasteiger partial charge in [-0.25, -0.2) is 4.68 Å². The number of carbonyl (C=O) groups excluding carboxylic acids is 1. The Balaban J connectivity index is 1.95. The number of benzene rings is 1. The van der Waals surface area contributed by atoms with Crippen molar-refractivity contribution in [3.63, 3.8) is 0 Å². The number of carbonyl (C=O) groups is 2. The number of amides is 1. The predicted octanol–water partition coefficient (Wildman–Crippen LogP) is 2.87. The fraction of sp³-hybridized carbons (Fsp3) is 0.333. The number of aromatic nitrogens is 2. The smallest absolute Gasteiger partial charge is 0.305 e. The maximum atomic E-state index is 12.4. The summed E-state index contributed by atoms with van der Waals surface area (Å²) < 4.78 is 1.35. The van der Waals surface area contributed by atoms with Crippen LogP contribution < -0.4 is 16.2 Å². The standard InChI is InChI=1S/C21H25ClN4O4/c1-21(2,3)26-20(30)19(22)16(13-25-26)24-12-15-6-4-14(5-7-15)8-9-17(27)23-11-10-18(28)29/h4-9,13,24H,10-12H2,1-3H3,(H,23,27)(H,28,29)/b9-8+. The summed E-state index contributed by atoms with van der Waals surface area (Å²) in [4.78, 5) is 34.4. The van der Waals surface area contributed by atoms with Crippen LogP contribution in [0.25, 0.3) is 6.08 Å². The van der Waals surface area contributed by atoms with Crippen LogP contribution in [-0.4, -0.2) is 33.3 Å². The highest BCUT2D eigenvalue weighted by molar-refractivity contribution is 6.32. The molecule has 0 unspecified atom stereocenters. The number of nitrogens with one attached hydrogen (secondary N) is 2. The Morgan fingerprint density at radius 3 is 2.50 bits per heavy atom. The summed E-state index contributed by atoms with van der Waals surface area (Å²) >= 11 is 6.20. The molecule has 0 saturated heterocycles. The summed E-state index contributed by atoms with van der Waals surface area (Å²) in [7, 11) is 0. The second-order valence-corrected chi connectivity index (χ2v) is 8.00. The SMILES string of the molecule is CC(C)(C)n1ncc(NCc2ccc(/C=C/C(=O)NCCC(=O)O)cc2)c(Cl)c1=O. The highest BCUT2D eigenvalue weighted by Gasteiger charge is 2.19. The molecule has 0 spiro atoms. The lowest BCUT2D eigenvalue weighted by Gasteiger charge is -2.21. The molecule has 1 amide bonds. The number of hydrogen-bond acceptors (Lipinski definition) is 5. The highest BCUT2D eigenvalue weighted by Crippen LogP contribution is 2.19. The van der Waals surface area contributed by atoms with Gasteiger partial charge in [-0.15, -0.1) is 0 Å². The van der Waals surface area contributed by atoms with Gasteiger partial charge in [-0.3, -0.25) is 14.4 Å². The number of hydrogen-bond donors (Lipinski definition) is 3. The molecular weight excluding hydrogens is 408 g/mol. The summed E-state index contributed by atoms with van der Waals surface area (Å²) in [6.07, 6.45) is 4.41. The van der Waals surface area contributed by atoms with Crippen molar-refractivity contribution in [1.82, 2.24) is 15.1 Å². The van der Waals surface area contributed by atoms with Crippen molar-refractivity contribution in [2.45, 2.75) is 39.3 Å². The summed E-state index contributed by atoms with van der Waals surface area (Å²) in [5.74, 6) is -1.31. The molecule has 160 valence electrons. The molecule has 0 aliphatic rings. The zero-order valence-electron chi connectivity index (χ0n) is 17.1. The third-order valence-corrected chi connectivity index (χ3v) is 4.45. The number of halogens is 1. The minimum Gasteiger partial charge on any atom is -0.481 e. The monoisotopic (exact) mass is 432 g/mol. The molecule has 1 aromatic heterocycles. The van der Waals surface area contributed by atoms with E-state index in [4.69, 9.17) is 16.7 Å². The van der Waals surface area contributed by atoms with Crippen LogP contribution in [0.5, 0.6) is 0 Å². The van der Waals surface area contributed by atoms with Gasteiger partial charge in [-0.1, -0.05) is 35.9 Å². The molecule has 8 nitrogen and oxygen atoms in total. The average Bonchev–Trinajstić information content (AvgIpc) is 2.67. The normalized spacial score (nSPS) is 11.5. The maximum Gasteiger partial charge on any atom is 0.305 e. The molecular formula is C21H25ClN4O4. The molecule has 0 radical (unpaired) electrons. The molecule has 0 bridgehead atoms. The second kappa shape index (κ2) is 10.1. The van der Waals surface area contributed by atoms with E-state index in [9.17, 15) is 14.4 Å². The largest absolute Gasteiger partial charge is 0.481 e. The maximum absolute atomic E-state index is 12.4. The molecule has 2 aromatic rings. The van der Waals surface area contributed by atoms with Gasteiger partial charge in [0.2, 0.25) is 5.91 Å². The summed E-state index contributed by atoms with van der Waals surface area (Å²) in [6.45, 7) is 6.16. The van der Waals surface area contributed by atoms with Crippen LogP contribution in [0, 0.1) is 0 Å². The zero-order chi connectivity index (χ0) is 22.3. The Bertz CT molecular complexity index is 992. The zero-order valence-corrected chi connectivity index (χ0v) is 17.9. The number of carboxylic acid groups (broad SMARTS) is 1. The minimum atomic E-state index is -0.962. The lowest BCUT2D eigenvalue weighted by molar-refractivity contribution is -0.136. The lowest BCUT2D eigenvalue weighted by atomic mass is 10.1. The molecule has 3 N–H and O–H groups in total. The van der Waals surface area contributed by atoms with E-state index < -0.39 is 11.5 Å². The Morgan fingerprint density at radius 2 is 1.90 bits per heavy atom. The number of rotatable bonds is 8. The first-order valence-electron chi connectivity index (χ1n) is 9.37. The van der Waals surface area contributed by atoms with Crippen molar-refractivity contribution in [3.8, 4) is 0 Å². The summed E-state index contributed by atoms with van der Waals surface area (Å²) in [6, 6.07) is 7.45. The first kappa shape index (κ1) is 23.2. The van der Waals surface area contributed by atoms with Crippen molar-refractivity contribution < 1.29 is 14.7 Å². The molecule has 30 heavy (non-hydrogen) atoms. The van der Waals surface area contributed by atoms with Crippen LogP contribution in [0.4, 0.5) is 5.69 Å². The quantitative estimate of drug-likeness (QED) is 0.553. The Labute approximate surface area is 179 Å². The molecule has 0 fully saturated rings. The van der Waals surface area contributed by atoms with Crippen molar-refractivity contribution >= 4 is 35.2 Å². The van der Waals surface area contributed by atoms with Gasteiger partial charge in [0.05, 0.1) is 23.8 Å². The van der Waals surface area contributed by atoms with Crippen LogP contribution in [0.3, 0.4) is 0 Å². The van der Waals surface area contributed by atoms with Gasteiger partial charge in [0.25, 0.3) is 5.56 Å². The van der Waals surface area contributed by atoms with E-state index in [1.807, 2.05) is 45.0 Å². The number of carboxylic acids is 1. The third kappa shape index (κ3) is 6.73. The van der Waals surface area contributed by atoms with E-state index >= 15 is 0 Å². The van der Waals surface area contributed by atoms with Crippen molar-refractivity contribution in [2.24, 2.45) is 0 Å². The Hall–Kier alpha value is -3.13. The van der Waals surface area contributed by atoms with Gasteiger partial charge >= 0.3 is 5.97 Å². The molecule has 0 aliphatic carbocycles. The summed E-state index contributed by atoms with van der Waals surface area (Å²) in [5, 5.41) is 18.4. The molecule has 2 rings (SSSR count). The fourth-order valence-electron chi connectivity index (χ4n) is 2.50. The molecule has 0 aliphatic heterocycles. The number of anilines is 1.